The van der Waals surface area contributed by atoms with Crippen LogP contribution in [0.15, 0.2) is 53.4 Å². The van der Waals surface area contributed by atoms with Crippen LogP contribution in [0.4, 0.5) is 0 Å². The van der Waals surface area contributed by atoms with Crippen LogP contribution in [0.25, 0.3) is 0 Å². The topological polar surface area (TPSA) is 101 Å². The first kappa shape index (κ1) is 20.7. The normalized spacial score (nSPS) is 13.7. The Morgan fingerprint density at radius 1 is 0.966 bits per heavy atom. The third-order valence-electron chi connectivity index (χ3n) is 4.62. The van der Waals surface area contributed by atoms with Gasteiger partial charge in [0.1, 0.15) is 0 Å². The van der Waals surface area contributed by atoms with Crippen molar-refractivity contribution in [2.45, 2.75) is 18.7 Å². The molecule has 9 heteroatoms. The average molecular weight is 416 g/mol. The average Bonchev–Trinajstić information content (AvgIpc) is 2.97. The van der Waals surface area contributed by atoms with E-state index in [1.807, 2.05) is 0 Å². The summed E-state index contributed by atoms with van der Waals surface area (Å²) in [6, 6.07) is 11.8. The Balaban J connectivity index is 1.74. The summed E-state index contributed by atoms with van der Waals surface area (Å²) in [5.41, 5.74) is 0.511. The molecule has 0 bridgehead atoms. The molecule has 0 unspecified atom stereocenters. The van der Waals surface area contributed by atoms with Gasteiger partial charge in [0.25, 0.3) is 11.8 Å². The van der Waals surface area contributed by atoms with Crippen molar-refractivity contribution in [1.29, 1.82) is 0 Å². The Labute approximate surface area is 168 Å². The summed E-state index contributed by atoms with van der Waals surface area (Å²) in [5, 5.41) is 0. The molecule has 1 aliphatic rings. The second-order valence-electron chi connectivity index (χ2n) is 6.26. The molecule has 3 rings (SSSR count). The van der Waals surface area contributed by atoms with Crippen LogP contribution < -0.4 is 0 Å². The zero-order chi connectivity index (χ0) is 21.2. The van der Waals surface area contributed by atoms with Crippen LogP contribution in [0.5, 0.6) is 0 Å². The van der Waals surface area contributed by atoms with Gasteiger partial charge >= 0.3 is 5.97 Å². The van der Waals surface area contributed by atoms with Gasteiger partial charge in [-0.2, -0.15) is 4.31 Å². The molecule has 1 aliphatic heterocycles. The van der Waals surface area contributed by atoms with Gasteiger partial charge in [0.05, 0.1) is 21.6 Å². The van der Waals surface area contributed by atoms with E-state index in [2.05, 4.69) is 0 Å². The lowest BCUT2D eigenvalue weighted by Crippen LogP contribution is -2.33. The summed E-state index contributed by atoms with van der Waals surface area (Å²) in [4.78, 5) is 37.8. The van der Waals surface area contributed by atoms with E-state index in [1.54, 1.807) is 26.0 Å². The fraction of sp³-hybridized carbons (Fsp3) is 0.250. The third-order valence-corrected chi connectivity index (χ3v) is 6.66. The molecule has 8 nitrogen and oxygen atoms in total. The first-order chi connectivity index (χ1) is 13.8. The zero-order valence-corrected chi connectivity index (χ0v) is 16.8. The van der Waals surface area contributed by atoms with Crippen LogP contribution in [0.2, 0.25) is 0 Å². The Bertz CT molecular complexity index is 1040. The summed E-state index contributed by atoms with van der Waals surface area (Å²) in [7, 11) is -3.73. The predicted octanol–water partition coefficient (Wildman–Crippen LogP) is 2.13. The van der Waals surface area contributed by atoms with E-state index in [1.165, 1.54) is 40.7 Å². The smallest absolute Gasteiger partial charge is 0.339 e. The van der Waals surface area contributed by atoms with Crippen LogP contribution in [-0.4, -0.2) is 55.2 Å². The Morgan fingerprint density at radius 3 is 2.10 bits per heavy atom. The molecule has 0 aromatic heterocycles. The first-order valence-corrected chi connectivity index (χ1v) is 10.5. The maximum atomic E-state index is 12.6. The van der Waals surface area contributed by atoms with Gasteiger partial charge in [-0.1, -0.05) is 32.0 Å². The fourth-order valence-electron chi connectivity index (χ4n) is 3.06. The number of hydrogen-bond donors (Lipinski definition) is 0. The van der Waals surface area contributed by atoms with Crippen molar-refractivity contribution < 1.29 is 27.5 Å². The van der Waals surface area contributed by atoms with Crippen molar-refractivity contribution in [3.05, 3.63) is 65.2 Å². The Kier molecular flexibility index (Phi) is 5.81. The number of carbonyl (C=O) groups excluding carboxylic acids is 3. The summed E-state index contributed by atoms with van der Waals surface area (Å²) >= 11 is 0. The van der Waals surface area contributed by atoms with Crippen molar-refractivity contribution in [1.82, 2.24) is 9.21 Å². The molecule has 2 aromatic carbocycles. The number of rotatable bonds is 7. The summed E-state index contributed by atoms with van der Waals surface area (Å²) < 4.78 is 31.6. The fourth-order valence-corrected chi connectivity index (χ4v) is 4.56. The first-order valence-electron chi connectivity index (χ1n) is 9.03. The van der Waals surface area contributed by atoms with Gasteiger partial charge in [-0.15, -0.1) is 0 Å². The maximum Gasteiger partial charge on any atom is 0.339 e. The predicted molar refractivity (Wildman–Crippen MR) is 104 cm³/mol. The van der Waals surface area contributed by atoms with Gasteiger partial charge in [-0.05, 0) is 30.3 Å². The molecule has 0 saturated heterocycles. The van der Waals surface area contributed by atoms with E-state index in [9.17, 15) is 22.8 Å². The van der Waals surface area contributed by atoms with Gasteiger partial charge < -0.3 is 4.74 Å². The number of ether oxygens (including phenoxy) is 1. The summed E-state index contributed by atoms with van der Waals surface area (Å²) in [6.45, 7) is 3.49. The molecular formula is C20H20N2O6S. The van der Waals surface area contributed by atoms with E-state index in [0.717, 1.165) is 4.90 Å². The second-order valence-corrected chi connectivity index (χ2v) is 8.20. The largest absolute Gasteiger partial charge is 0.440 e. The molecule has 0 spiro atoms. The maximum absolute atomic E-state index is 12.6. The molecule has 0 radical (unpaired) electrons. The SMILES string of the molecule is CCN(CC)S(=O)(=O)c1cccc(C(=O)OCN2C(=O)c3ccccc3C2=O)c1. The van der Waals surface area contributed by atoms with Gasteiger partial charge in [-0.25, -0.2) is 18.1 Å². The molecule has 0 saturated carbocycles. The number of benzene rings is 2. The number of imide groups is 1. The third kappa shape index (κ3) is 3.79. The molecule has 152 valence electrons. The molecule has 0 N–H and O–H groups in total. The highest BCUT2D eigenvalue weighted by molar-refractivity contribution is 7.89. The highest BCUT2D eigenvalue weighted by Crippen LogP contribution is 2.23. The van der Waals surface area contributed by atoms with E-state index in [0.29, 0.717) is 13.1 Å². The van der Waals surface area contributed by atoms with E-state index in [-0.39, 0.29) is 21.6 Å². The zero-order valence-electron chi connectivity index (χ0n) is 16.0. The highest BCUT2D eigenvalue weighted by Gasteiger charge is 2.36. The van der Waals surface area contributed by atoms with E-state index >= 15 is 0 Å². The van der Waals surface area contributed by atoms with Crippen molar-refractivity contribution >= 4 is 27.8 Å². The number of fused-ring (bicyclic) bond motifs is 1. The van der Waals surface area contributed by atoms with Crippen molar-refractivity contribution in [3.8, 4) is 0 Å². The lowest BCUT2D eigenvalue weighted by molar-refractivity contribution is 0.0228. The van der Waals surface area contributed by atoms with Gasteiger partial charge in [-0.3, -0.25) is 9.59 Å². The highest BCUT2D eigenvalue weighted by atomic mass is 32.2. The molecule has 2 amide bonds. The van der Waals surface area contributed by atoms with Crippen molar-refractivity contribution in [3.63, 3.8) is 0 Å². The number of carbonyl (C=O) groups is 3. The second kappa shape index (κ2) is 8.14. The minimum absolute atomic E-state index is 0.00911. The van der Waals surface area contributed by atoms with Crippen LogP contribution in [0, 0.1) is 0 Å². The van der Waals surface area contributed by atoms with Crippen LogP contribution in [-0.2, 0) is 14.8 Å². The number of amides is 2. The minimum Gasteiger partial charge on any atom is -0.440 e. The Hall–Kier alpha value is -3.04. The van der Waals surface area contributed by atoms with Crippen LogP contribution in [0.3, 0.4) is 0 Å². The summed E-state index contributed by atoms with van der Waals surface area (Å²) in [5.74, 6) is -1.93. The van der Waals surface area contributed by atoms with Crippen LogP contribution >= 0.6 is 0 Å². The number of hydrogen-bond acceptors (Lipinski definition) is 6. The van der Waals surface area contributed by atoms with E-state index in [4.69, 9.17) is 4.74 Å². The van der Waals surface area contributed by atoms with Gasteiger partial charge in [0, 0.05) is 13.1 Å². The minimum atomic E-state index is -3.73. The molecular weight excluding hydrogens is 396 g/mol. The van der Waals surface area contributed by atoms with Gasteiger partial charge in [0.2, 0.25) is 10.0 Å². The van der Waals surface area contributed by atoms with Crippen LogP contribution in [0.1, 0.15) is 44.9 Å². The summed E-state index contributed by atoms with van der Waals surface area (Å²) in [6.07, 6.45) is 0. The lowest BCUT2D eigenvalue weighted by Gasteiger charge is -2.19. The monoisotopic (exact) mass is 416 g/mol. The standard InChI is InChI=1S/C20H20N2O6S/c1-3-21(4-2)29(26,27)15-9-7-8-14(12-15)20(25)28-13-22-18(23)16-10-5-6-11-17(16)19(22)24/h5-12H,3-4,13H2,1-2H3. The molecule has 2 aromatic rings. The molecule has 0 atom stereocenters. The number of nitrogens with zero attached hydrogens (tertiary/aromatic N) is 2. The molecule has 0 fully saturated rings. The number of esters is 1. The number of sulfonamides is 1. The molecule has 1 heterocycles. The Morgan fingerprint density at radius 2 is 1.55 bits per heavy atom. The van der Waals surface area contributed by atoms with E-state index < -0.39 is 34.5 Å². The molecule has 0 aliphatic carbocycles. The quantitative estimate of drug-likeness (QED) is 0.506. The van der Waals surface area contributed by atoms with Crippen molar-refractivity contribution in [2.75, 3.05) is 19.8 Å². The lowest BCUT2D eigenvalue weighted by atomic mass is 10.1. The van der Waals surface area contributed by atoms with Crippen molar-refractivity contribution in [2.24, 2.45) is 0 Å². The van der Waals surface area contributed by atoms with Gasteiger partial charge in [0.15, 0.2) is 6.73 Å². The molecule has 29 heavy (non-hydrogen) atoms.